The Morgan fingerprint density at radius 2 is 1.93 bits per heavy atom. The first-order chi connectivity index (χ1) is 13.2. The van der Waals surface area contributed by atoms with Crippen LogP contribution in [0, 0.1) is 0 Å². The lowest BCUT2D eigenvalue weighted by atomic mass is 10.1. The predicted octanol–water partition coefficient (Wildman–Crippen LogP) is 2.23. The summed E-state index contributed by atoms with van der Waals surface area (Å²) in [6.45, 7) is 3.35. The van der Waals surface area contributed by atoms with Crippen molar-refractivity contribution in [1.82, 2.24) is 15.3 Å². The van der Waals surface area contributed by atoms with Crippen molar-refractivity contribution in [3.05, 3.63) is 58.5 Å². The van der Waals surface area contributed by atoms with E-state index in [0.717, 1.165) is 43.6 Å². The van der Waals surface area contributed by atoms with Gasteiger partial charge in [-0.1, -0.05) is 12.1 Å². The molecule has 1 N–H and O–H groups in total. The molecule has 1 aromatic heterocycles. The number of benzene rings is 1. The number of aromatic nitrogens is 2. The van der Waals surface area contributed by atoms with Crippen LogP contribution in [0.2, 0.25) is 0 Å². The average Bonchev–Trinajstić information content (AvgIpc) is 3.00. The lowest BCUT2D eigenvalue weighted by molar-refractivity contribution is -0.115. The van der Waals surface area contributed by atoms with Crippen LogP contribution < -0.4 is 10.2 Å². The molecule has 0 saturated carbocycles. The number of imide groups is 1. The number of thioether (sulfide) groups is 1. The van der Waals surface area contributed by atoms with Crippen molar-refractivity contribution in [3.63, 3.8) is 0 Å². The highest BCUT2D eigenvalue weighted by Crippen LogP contribution is 2.25. The molecule has 2 aliphatic heterocycles. The van der Waals surface area contributed by atoms with Gasteiger partial charge in [0.2, 0.25) is 0 Å². The second kappa shape index (κ2) is 7.89. The molecule has 0 unspecified atom stereocenters. The Kier molecular flexibility index (Phi) is 5.17. The minimum Gasteiger partial charge on any atom is -0.378 e. The van der Waals surface area contributed by atoms with Gasteiger partial charge in [-0.25, -0.2) is 9.97 Å². The van der Waals surface area contributed by atoms with Crippen LogP contribution in [0.5, 0.6) is 0 Å². The number of hydrogen-bond donors (Lipinski definition) is 1. The molecule has 3 heterocycles. The molecule has 7 nitrogen and oxygen atoms in total. The maximum absolute atomic E-state index is 11.7. The Balaban J connectivity index is 1.46. The smallest absolute Gasteiger partial charge is 0.290 e. The summed E-state index contributed by atoms with van der Waals surface area (Å²) in [6, 6.07) is 10.1. The number of nitrogens with zero attached hydrogens (tertiary/aromatic N) is 3. The van der Waals surface area contributed by atoms with E-state index in [0.29, 0.717) is 22.8 Å². The molecule has 0 bridgehead atoms. The fourth-order valence-electron chi connectivity index (χ4n) is 2.96. The first-order valence-electron chi connectivity index (χ1n) is 8.66. The van der Waals surface area contributed by atoms with E-state index in [-0.39, 0.29) is 11.1 Å². The average molecular weight is 382 g/mol. The predicted molar refractivity (Wildman–Crippen MR) is 103 cm³/mol. The Morgan fingerprint density at radius 1 is 1.15 bits per heavy atom. The van der Waals surface area contributed by atoms with Crippen LogP contribution in [0.1, 0.15) is 17.1 Å². The Bertz CT molecular complexity index is 892. The third-order valence-electron chi connectivity index (χ3n) is 4.32. The lowest BCUT2D eigenvalue weighted by Crippen LogP contribution is -2.36. The second-order valence-corrected chi connectivity index (χ2v) is 7.21. The van der Waals surface area contributed by atoms with Crippen molar-refractivity contribution in [2.75, 3.05) is 31.2 Å². The van der Waals surface area contributed by atoms with Crippen molar-refractivity contribution >= 4 is 34.7 Å². The van der Waals surface area contributed by atoms with E-state index in [4.69, 9.17) is 4.74 Å². The van der Waals surface area contributed by atoms with Crippen LogP contribution in [0.3, 0.4) is 0 Å². The van der Waals surface area contributed by atoms with E-state index in [1.165, 1.54) is 5.69 Å². The molecule has 138 valence electrons. The van der Waals surface area contributed by atoms with Gasteiger partial charge in [-0.2, -0.15) is 0 Å². The monoisotopic (exact) mass is 382 g/mol. The van der Waals surface area contributed by atoms with Gasteiger partial charge in [-0.3, -0.25) is 14.9 Å². The van der Waals surface area contributed by atoms with Crippen LogP contribution in [-0.4, -0.2) is 47.4 Å². The van der Waals surface area contributed by atoms with Crippen LogP contribution in [0.4, 0.5) is 10.5 Å². The molecule has 1 aromatic carbocycles. The first kappa shape index (κ1) is 17.7. The zero-order chi connectivity index (χ0) is 18.6. The molecule has 2 aromatic rings. The van der Waals surface area contributed by atoms with E-state index >= 15 is 0 Å². The summed E-state index contributed by atoms with van der Waals surface area (Å²) in [5, 5.41) is 1.88. The van der Waals surface area contributed by atoms with Gasteiger partial charge in [-0.15, -0.1) is 0 Å². The third-order valence-corrected chi connectivity index (χ3v) is 5.13. The molecule has 0 atom stereocenters. The Labute approximate surface area is 160 Å². The summed E-state index contributed by atoms with van der Waals surface area (Å²) in [5.74, 6) is 0.280. The van der Waals surface area contributed by atoms with Gasteiger partial charge < -0.3 is 9.64 Å². The van der Waals surface area contributed by atoms with Crippen LogP contribution >= 0.6 is 11.8 Å². The lowest BCUT2D eigenvalue weighted by Gasteiger charge is -2.28. The van der Waals surface area contributed by atoms with Crippen LogP contribution in [0.25, 0.3) is 6.08 Å². The van der Waals surface area contributed by atoms with Crippen LogP contribution in [-0.2, 0) is 16.0 Å². The highest BCUT2D eigenvalue weighted by Gasteiger charge is 2.25. The number of morpholine rings is 1. The number of nitrogens with one attached hydrogen (secondary N) is 1. The number of anilines is 1. The summed E-state index contributed by atoms with van der Waals surface area (Å²) >= 11 is 0.881. The van der Waals surface area contributed by atoms with Gasteiger partial charge in [0.05, 0.1) is 23.8 Å². The van der Waals surface area contributed by atoms with Gasteiger partial charge in [-0.05, 0) is 41.6 Å². The molecule has 2 fully saturated rings. The normalized spacial score (nSPS) is 18.8. The zero-order valence-corrected chi connectivity index (χ0v) is 15.4. The number of amides is 2. The summed E-state index contributed by atoms with van der Waals surface area (Å²) in [4.78, 5) is 34.4. The molecule has 2 aliphatic rings. The molecule has 8 heteroatoms. The maximum atomic E-state index is 11.7. The van der Waals surface area contributed by atoms with Crippen molar-refractivity contribution in [1.29, 1.82) is 0 Å². The number of ether oxygens (including phenoxy) is 1. The van der Waals surface area contributed by atoms with Gasteiger partial charge >= 0.3 is 0 Å². The summed E-state index contributed by atoms with van der Waals surface area (Å²) < 4.78 is 5.39. The standard InChI is InChI=1S/C19H18N4O3S/c24-18-16(27-19(25)22-18)12-14-5-6-20-17(21-14)11-13-1-3-15(4-2-13)23-7-9-26-10-8-23/h1-6,12H,7-11H2,(H,22,24,25)/b16-12-. The SMILES string of the molecule is O=C1NC(=O)/C(=C/c2ccnc(Cc3ccc(N4CCOCC4)cc3)n2)S1. The van der Waals surface area contributed by atoms with E-state index in [1.54, 1.807) is 18.3 Å². The number of carbonyl (C=O) groups is 2. The molecule has 0 aliphatic carbocycles. The minimum atomic E-state index is -0.385. The van der Waals surface area contributed by atoms with E-state index in [9.17, 15) is 9.59 Å². The maximum Gasteiger partial charge on any atom is 0.290 e. The van der Waals surface area contributed by atoms with Gasteiger partial charge in [0.15, 0.2) is 0 Å². The molecule has 0 spiro atoms. The van der Waals surface area contributed by atoms with Gasteiger partial charge in [0.25, 0.3) is 11.1 Å². The van der Waals surface area contributed by atoms with Gasteiger partial charge in [0, 0.05) is 31.4 Å². The van der Waals surface area contributed by atoms with Gasteiger partial charge in [0.1, 0.15) is 5.82 Å². The number of rotatable bonds is 4. The summed E-state index contributed by atoms with van der Waals surface area (Å²) in [7, 11) is 0. The molecular formula is C19H18N4O3S. The highest BCUT2D eigenvalue weighted by atomic mass is 32.2. The quantitative estimate of drug-likeness (QED) is 0.812. The van der Waals surface area contributed by atoms with E-state index in [1.807, 2.05) is 0 Å². The number of hydrogen-bond acceptors (Lipinski definition) is 7. The largest absolute Gasteiger partial charge is 0.378 e. The fourth-order valence-corrected chi connectivity index (χ4v) is 3.63. The number of carbonyl (C=O) groups excluding carboxylic acids is 2. The molecule has 2 amide bonds. The van der Waals surface area contributed by atoms with Crippen molar-refractivity contribution in [2.24, 2.45) is 0 Å². The highest BCUT2D eigenvalue weighted by molar-refractivity contribution is 8.18. The Hall–Kier alpha value is -2.71. The molecule has 27 heavy (non-hydrogen) atoms. The molecule has 2 saturated heterocycles. The molecular weight excluding hydrogens is 364 g/mol. The summed E-state index contributed by atoms with van der Waals surface area (Å²) in [5.41, 5.74) is 2.91. The molecule has 0 radical (unpaired) electrons. The van der Waals surface area contributed by atoms with Crippen LogP contribution in [0.15, 0.2) is 41.4 Å². The first-order valence-corrected chi connectivity index (χ1v) is 9.47. The summed E-state index contributed by atoms with van der Waals surface area (Å²) in [6.07, 6.45) is 3.87. The minimum absolute atomic E-state index is 0.347. The topological polar surface area (TPSA) is 84.4 Å². The fraction of sp³-hybridized carbons (Fsp3) is 0.263. The third kappa shape index (κ3) is 4.35. The zero-order valence-electron chi connectivity index (χ0n) is 14.6. The van der Waals surface area contributed by atoms with Crippen molar-refractivity contribution < 1.29 is 14.3 Å². The van der Waals surface area contributed by atoms with Crippen molar-refractivity contribution in [3.8, 4) is 0 Å². The van der Waals surface area contributed by atoms with Crippen molar-refractivity contribution in [2.45, 2.75) is 6.42 Å². The second-order valence-electron chi connectivity index (χ2n) is 6.19. The van der Waals surface area contributed by atoms with E-state index < -0.39 is 0 Å². The van der Waals surface area contributed by atoms with E-state index in [2.05, 4.69) is 44.5 Å². The molecule has 4 rings (SSSR count). The Morgan fingerprint density at radius 3 is 2.63 bits per heavy atom.